The largest absolute Gasteiger partial charge is 0.311 e. The Morgan fingerprint density at radius 1 is 1.75 bits per heavy atom. The van der Waals surface area contributed by atoms with Crippen LogP contribution in [-0.4, -0.2) is 16.0 Å². The van der Waals surface area contributed by atoms with Crippen molar-refractivity contribution in [3.05, 3.63) is 0 Å². The summed E-state index contributed by atoms with van der Waals surface area (Å²) in [7, 11) is 0. The van der Waals surface area contributed by atoms with Crippen molar-refractivity contribution < 1.29 is 27.2 Å². The molecule has 49 valence electrons. The minimum absolute atomic E-state index is 0. The maximum absolute atomic E-state index is 10.2. The Morgan fingerprint density at radius 2 is 2.38 bits per heavy atom. The van der Waals surface area contributed by atoms with Gasteiger partial charge in [-0.3, -0.25) is 4.79 Å². The number of thiocarbonyl (C=S) groups is 1. The second-order valence-corrected chi connectivity index (χ2v) is 2.78. The van der Waals surface area contributed by atoms with Crippen molar-refractivity contribution >= 4 is 34.2 Å². The smallest absolute Gasteiger partial charge is 0.235 e. The Balaban J connectivity index is 0.000000490. The van der Waals surface area contributed by atoms with Gasteiger partial charge in [-0.05, 0) is 0 Å². The summed E-state index contributed by atoms with van der Waals surface area (Å²) in [5.41, 5.74) is 0. The molecule has 1 N–H and O–H groups in total. The van der Waals surface area contributed by atoms with E-state index in [4.69, 9.17) is 0 Å². The van der Waals surface area contributed by atoms with Gasteiger partial charge >= 0.3 is 0 Å². The van der Waals surface area contributed by atoms with E-state index in [9.17, 15) is 4.79 Å². The molecule has 5 heteroatoms. The fourth-order valence-electron chi connectivity index (χ4n) is 0.317. The molecule has 0 unspecified atom stereocenters. The molecule has 0 aromatic carbocycles. The van der Waals surface area contributed by atoms with Crippen molar-refractivity contribution in [3.8, 4) is 0 Å². The quantitative estimate of drug-likeness (QED) is 0.506. The number of hydrogen-bond acceptors (Lipinski definition) is 3. The van der Waals surface area contributed by atoms with Gasteiger partial charge in [-0.2, -0.15) is 0 Å². The molecule has 1 fully saturated rings. The Labute approximate surface area is 72.3 Å². The second-order valence-electron chi connectivity index (χ2n) is 1.12. The van der Waals surface area contributed by atoms with Crippen molar-refractivity contribution in [2.75, 3.05) is 5.75 Å². The molecule has 1 aliphatic heterocycles. The van der Waals surface area contributed by atoms with E-state index in [2.05, 4.69) is 17.5 Å². The van der Waals surface area contributed by atoms with Gasteiger partial charge in [0.2, 0.25) is 5.91 Å². The third kappa shape index (κ3) is 2.28. The van der Waals surface area contributed by atoms with Gasteiger partial charge < -0.3 is 5.32 Å². The molecule has 1 amide bonds. The molecule has 2 nitrogen and oxygen atoms in total. The van der Waals surface area contributed by atoms with Crippen molar-refractivity contribution in [1.82, 2.24) is 5.32 Å². The first-order valence-corrected chi connectivity index (χ1v) is 3.15. The molecule has 1 aliphatic rings. The zero-order chi connectivity index (χ0) is 5.28. The summed E-state index contributed by atoms with van der Waals surface area (Å²) in [6.45, 7) is 0. The number of amides is 1. The van der Waals surface area contributed by atoms with Gasteiger partial charge in [-0.15, -0.1) is 0 Å². The van der Waals surface area contributed by atoms with Gasteiger partial charge in [-0.25, -0.2) is 0 Å². The molecule has 0 aromatic heterocycles. The molecule has 0 saturated carbocycles. The van der Waals surface area contributed by atoms with Crippen LogP contribution in [0.5, 0.6) is 0 Å². The van der Waals surface area contributed by atoms with Crippen LogP contribution in [0.25, 0.3) is 0 Å². The molecule has 0 aliphatic carbocycles. The van der Waals surface area contributed by atoms with Gasteiger partial charge in [-0.1, -0.05) is 24.0 Å². The van der Waals surface area contributed by atoms with Crippen molar-refractivity contribution in [3.63, 3.8) is 0 Å². The molecule has 0 atom stereocenters. The maximum atomic E-state index is 10.2. The van der Waals surface area contributed by atoms with Gasteiger partial charge in [0.05, 0.1) is 5.75 Å². The van der Waals surface area contributed by atoms with E-state index in [1.807, 2.05) is 0 Å². The summed E-state index contributed by atoms with van der Waals surface area (Å²) in [4.78, 5) is 10.2. The fraction of sp³-hybridized carbons (Fsp3) is 0.333. The monoisotopic (exact) mass is 330 g/mol. The Kier molecular flexibility index (Phi) is 3.93. The first-order chi connectivity index (χ1) is 3.29. The van der Waals surface area contributed by atoms with E-state index < -0.39 is 0 Å². The second kappa shape index (κ2) is 3.63. The van der Waals surface area contributed by atoms with Gasteiger partial charge in [0.25, 0.3) is 0 Å². The molecule has 0 bridgehead atoms. The maximum Gasteiger partial charge on any atom is 0.235 e. The summed E-state index contributed by atoms with van der Waals surface area (Å²) >= 11 is 6.00. The molecule has 1 heterocycles. The van der Waals surface area contributed by atoms with Gasteiger partial charge in [0.1, 0.15) is 4.32 Å². The third-order valence-electron chi connectivity index (χ3n) is 0.576. The minimum atomic E-state index is 0. The number of thioether (sulfide) groups is 1. The van der Waals surface area contributed by atoms with Crippen molar-refractivity contribution in [2.45, 2.75) is 0 Å². The van der Waals surface area contributed by atoms with Gasteiger partial charge in [0, 0.05) is 22.4 Å². The van der Waals surface area contributed by atoms with Gasteiger partial charge in [0.15, 0.2) is 0 Å². The van der Waals surface area contributed by atoms with Crippen LogP contribution >= 0.6 is 24.0 Å². The standard InChI is InChI=1S/C3H3NOS2.Au/c5-2-1-7-3(6)4-2;/h1H2,(H,4,5,6);. The average molecular weight is 330 g/mol. The molecule has 0 aromatic rings. The van der Waals surface area contributed by atoms with Crippen LogP contribution in [-0.2, 0) is 27.2 Å². The minimum Gasteiger partial charge on any atom is -0.311 e. The number of hydrogen-bond donors (Lipinski definition) is 1. The van der Waals surface area contributed by atoms with E-state index >= 15 is 0 Å². The molecular weight excluding hydrogens is 327 g/mol. The van der Waals surface area contributed by atoms with Crippen LogP contribution in [0.3, 0.4) is 0 Å². The number of rotatable bonds is 0. The summed E-state index contributed by atoms with van der Waals surface area (Å²) < 4.78 is 0.602. The summed E-state index contributed by atoms with van der Waals surface area (Å²) in [6, 6.07) is 0. The summed E-state index contributed by atoms with van der Waals surface area (Å²) in [6.07, 6.45) is 0. The van der Waals surface area contributed by atoms with Crippen LogP contribution in [0.2, 0.25) is 0 Å². The molecular formula is C3H3AuNOS2. The Hall–Kier alpha value is 0.650. The van der Waals surface area contributed by atoms with E-state index in [0.717, 1.165) is 0 Å². The number of carbonyl (C=O) groups excluding carboxylic acids is 1. The third-order valence-corrected chi connectivity index (χ3v) is 1.80. The Morgan fingerprint density at radius 3 is 2.50 bits per heavy atom. The van der Waals surface area contributed by atoms with Crippen molar-refractivity contribution in [2.24, 2.45) is 0 Å². The SMILES string of the molecule is O=C1CSC(=S)N1.[Au]. The first-order valence-electron chi connectivity index (χ1n) is 1.75. The molecule has 1 rings (SSSR count). The molecule has 0 spiro atoms. The van der Waals surface area contributed by atoms with Crippen LogP contribution in [0, 0.1) is 0 Å². The van der Waals surface area contributed by atoms with E-state index in [1.54, 1.807) is 0 Å². The normalized spacial score (nSPS) is 17.5. The first kappa shape index (κ1) is 8.65. The number of nitrogens with one attached hydrogen (secondary N) is 1. The zero-order valence-electron chi connectivity index (χ0n) is 3.73. The predicted octanol–water partition coefficient (Wildman–Crippen LogP) is 0.132. The molecule has 1 saturated heterocycles. The van der Waals surface area contributed by atoms with E-state index in [1.165, 1.54) is 11.8 Å². The number of carbonyl (C=O) groups is 1. The van der Waals surface area contributed by atoms with E-state index in [0.29, 0.717) is 10.1 Å². The summed E-state index contributed by atoms with van der Waals surface area (Å²) in [5.74, 6) is 0.522. The topological polar surface area (TPSA) is 29.1 Å². The van der Waals surface area contributed by atoms with Crippen LogP contribution in [0.4, 0.5) is 0 Å². The zero-order valence-corrected chi connectivity index (χ0v) is 7.53. The predicted molar refractivity (Wildman–Crippen MR) is 33.2 cm³/mol. The molecule has 8 heavy (non-hydrogen) atoms. The van der Waals surface area contributed by atoms with Crippen LogP contribution < -0.4 is 5.32 Å². The molecule has 1 radical (unpaired) electrons. The van der Waals surface area contributed by atoms with E-state index in [-0.39, 0.29) is 28.3 Å². The van der Waals surface area contributed by atoms with Crippen molar-refractivity contribution in [1.29, 1.82) is 0 Å². The Bertz CT molecular complexity index is 112. The van der Waals surface area contributed by atoms with Crippen LogP contribution in [0.1, 0.15) is 0 Å². The fourth-order valence-corrected chi connectivity index (χ4v) is 1.13. The summed E-state index contributed by atoms with van der Waals surface area (Å²) in [5, 5.41) is 2.47. The average Bonchev–Trinajstić information content (AvgIpc) is 1.87. The van der Waals surface area contributed by atoms with Crippen LogP contribution in [0.15, 0.2) is 0 Å².